The zero-order valence-corrected chi connectivity index (χ0v) is 7.33. The first-order chi connectivity index (χ1) is 5.15. The molecule has 11 heavy (non-hydrogen) atoms. The van der Waals surface area contributed by atoms with Crippen molar-refractivity contribution in [2.24, 2.45) is 7.05 Å². The van der Waals surface area contributed by atoms with Gasteiger partial charge in [0.05, 0.1) is 5.69 Å². The Kier molecular flexibility index (Phi) is 2.13. The molecule has 0 aliphatic rings. The van der Waals surface area contributed by atoms with Crippen molar-refractivity contribution in [1.29, 1.82) is 0 Å². The maximum atomic E-state index is 4.25. The van der Waals surface area contributed by atoms with Gasteiger partial charge in [-0.3, -0.25) is 4.68 Å². The van der Waals surface area contributed by atoms with E-state index in [4.69, 9.17) is 0 Å². The summed E-state index contributed by atoms with van der Waals surface area (Å²) in [5.41, 5.74) is 2.27. The maximum Gasteiger partial charge on any atom is 0.0879 e. The van der Waals surface area contributed by atoms with E-state index in [9.17, 15) is 0 Å². The van der Waals surface area contributed by atoms with Crippen LogP contribution in [0.25, 0.3) is 6.08 Å². The number of hydrogen-bond donors (Lipinski definition) is 0. The lowest BCUT2D eigenvalue weighted by atomic mass is 10.0. The van der Waals surface area contributed by atoms with Gasteiger partial charge in [-0.05, 0) is 17.6 Å². The molecule has 1 aromatic heterocycles. The molecule has 0 aliphatic carbocycles. The zero-order chi connectivity index (χ0) is 8.43. The van der Waals surface area contributed by atoms with Crippen LogP contribution < -0.4 is 0 Å². The minimum atomic E-state index is 0.525. The Bertz CT molecular complexity index is 259. The fourth-order valence-corrected chi connectivity index (χ4v) is 1.13. The third-order valence-electron chi connectivity index (χ3n) is 1.70. The number of aromatic nitrogens is 2. The first kappa shape index (κ1) is 8.05. The minimum Gasteiger partial charge on any atom is -0.275 e. The van der Waals surface area contributed by atoms with Gasteiger partial charge >= 0.3 is 0 Å². The Morgan fingerprint density at radius 1 is 1.64 bits per heavy atom. The molecule has 0 N–H and O–H groups in total. The van der Waals surface area contributed by atoms with Gasteiger partial charge in [-0.1, -0.05) is 20.4 Å². The van der Waals surface area contributed by atoms with Gasteiger partial charge in [0.2, 0.25) is 0 Å². The van der Waals surface area contributed by atoms with Gasteiger partial charge in [0.1, 0.15) is 0 Å². The lowest BCUT2D eigenvalue weighted by molar-refractivity contribution is 0.762. The van der Waals surface area contributed by atoms with E-state index < -0.39 is 0 Å². The van der Waals surface area contributed by atoms with E-state index in [1.807, 2.05) is 17.9 Å². The Hall–Kier alpha value is -1.05. The quantitative estimate of drug-likeness (QED) is 0.632. The molecule has 0 saturated carbocycles. The molecular weight excluding hydrogens is 136 g/mol. The fraction of sp³-hybridized carbons (Fsp3) is 0.444. The molecule has 1 rings (SSSR count). The van der Waals surface area contributed by atoms with Gasteiger partial charge in [0, 0.05) is 13.2 Å². The van der Waals surface area contributed by atoms with Crippen LogP contribution in [0.4, 0.5) is 0 Å². The second-order valence-corrected chi connectivity index (χ2v) is 3.00. The van der Waals surface area contributed by atoms with Gasteiger partial charge in [-0.2, -0.15) is 5.10 Å². The highest BCUT2D eigenvalue weighted by Crippen LogP contribution is 2.18. The molecule has 1 heterocycles. The molecule has 2 nitrogen and oxygen atoms in total. The Morgan fingerprint density at radius 2 is 2.27 bits per heavy atom. The van der Waals surface area contributed by atoms with E-state index in [1.165, 1.54) is 5.56 Å². The lowest BCUT2D eigenvalue weighted by Gasteiger charge is -1.99. The third kappa shape index (κ3) is 1.50. The van der Waals surface area contributed by atoms with Crippen molar-refractivity contribution in [3.63, 3.8) is 0 Å². The summed E-state index contributed by atoms with van der Waals surface area (Å²) in [6, 6.07) is 0. The van der Waals surface area contributed by atoms with Crippen LogP contribution in [0.5, 0.6) is 0 Å². The Labute approximate surface area is 67.5 Å². The predicted octanol–water partition coefficient (Wildman–Crippen LogP) is 2.19. The fourth-order valence-electron chi connectivity index (χ4n) is 1.13. The average molecular weight is 150 g/mol. The second kappa shape index (κ2) is 2.91. The Morgan fingerprint density at radius 3 is 2.64 bits per heavy atom. The number of nitrogens with zero attached hydrogens (tertiary/aromatic N) is 2. The summed E-state index contributed by atoms with van der Waals surface area (Å²) in [5.74, 6) is 0.525. The molecule has 0 bridgehead atoms. The van der Waals surface area contributed by atoms with E-state index in [-0.39, 0.29) is 0 Å². The summed E-state index contributed by atoms with van der Waals surface area (Å²) in [5, 5.41) is 4.25. The molecule has 0 atom stereocenters. The summed E-state index contributed by atoms with van der Waals surface area (Å²) >= 11 is 0. The molecule has 0 spiro atoms. The van der Waals surface area contributed by atoms with Crippen molar-refractivity contribution < 1.29 is 0 Å². The summed E-state index contributed by atoms with van der Waals surface area (Å²) in [6.07, 6.45) is 3.84. The molecule has 0 radical (unpaired) electrons. The average Bonchev–Trinajstić information content (AvgIpc) is 2.30. The van der Waals surface area contributed by atoms with E-state index in [0.29, 0.717) is 5.92 Å². The standard InChI is InChI=1S/C9H14N2/c1-5-9-8(7(2)3)6-11(4)10-9/h5-7H,1H2,2-4H3. The minimum absolute atomic E-state index is 0.525. The molecule has 0 unspecified atom stereocenters. The van der Waals surface area contributed by atoms with Crippen LogP contribution in [-0.2, 0) is 7.05 Å². The van der Waals surface area contributed by atoms with E-state index >= 15 is 0 Å². The summed E-state index contributed by atoms with van der Waals surface area (Å²) in [4.78, 5) is 0. The van der Waals surface area contributed by atoms with Crippen molar-refractivity contribution in [2.45, 2.75) is 19.8 Å². The molecule has 2 heteroatoms. The third-order valence-corrected chi connectivity index (χ3v) is 1.70. The SMILES string of the molecule is C=Cc1nn(C)cc1C(C)C. The molecule has 0 amide bonds. The van der Waals surface area contributed by atoms with Crippen LogP contribution in [0.2, 0.25) is 0 Å². The molecule has 0 saturated heterocycles. The molecule has 0 aromatic carbocycles. The van der Waals surface area contributed by atoms with Crippen molar-refractivity contribution in [3.8, 4) is 0 Å². The first-order valence-corrected chi connectivity index (χ1v) is 3.81. The summed E-state index contributed by atoms with van der Waals surface area (Å²) in [7, 11) is 1.93. The Balaban J connectivity index is 3.11. The van der Waals surface area contributed by atoms with Gasteiger partial charge in [-0.15, -0.1) is 0 Å². The topological polar surface area (TPSA) is 17.8 Å². The van der Waals surface area contributed by atoms with E-state index in [2.05, 4.69) is 25.5 Å². The normalized spacial score (nSPS) is 10.5. The second-order valence-electron chi connectivity index (χ2n) is 3.00. The maximum absolute atomic E-state index is 4.25. The van der Waals surface area contributed by atoms with Gasteiger partial charge in [0.25, 0.3) is 0 Å². The molecule has 60 valence electrons. The van der Waals surface area contributed by atoms with Crippen LogP contribution in [0.3, 0.4) is 0 Å². The van der Waals surface area contributed by atoms with Crippen LogP contribution in [0.15, 0.2) is 12.8 Å². The predicted molar refractivity (Wildman–Crippen MR) is 47.4 cm³/mol. The van der Waals surface area contributed by atoms with E-state index in [0.717, 1.165) is 5.69 Å². The zero-order valence-electron chi connectivity index (χ0n) is 7.33. The monoisotopic (exact) mass is 150 g/mol. The molecular formula is C9H14N2. The first-order valence-electron chi connectivity index (χ1n) is 3.81. The number of rotatable bonds is 2. The van der Waals surface area contributed by atoms with E-state index in [1.54, 1.807) is 6.08 Å². The summed E-state index contributed by atoms with van der Waals surface area (Å²) < 4.78 is 1.83. The van der Waals surface area contributed by atoms with Crippen molar-refractivity contribution >= 4 is 6.08 Å². The van der Waals surface area contributed by atoms with Gasteiger partial charge in [0.15, 0.2) is 0 Å². The highest BCUT2D eigenvalue weighted by atomic mass is 15.2. The molecule has 1 aromatic rings. The number of hydrogen-bond acceptors (Lipinski definition) is 1. The largest absolute Gasteiger partial charge is 0.275 e. The number of aryl methyl sites for hydroxylation is 1. The molecule has 0 fully saturated rings. The molecule has 0 aliphatic heterocycles. The smallest absolute Gasteiger partial charge is 0.0879 e. The van der Waals surface area contributed by atoms with Crippen LogP contribution in [0, 0.1) is 0 Å². The lowest BCUT2D eigenvalue weighted by Crippen LogP contribution is -1.86. The van der Waals surface area contributed by atoms with Crippen LogP contribution in [0.1, 0.15) is 31.0 Å². The van der Waals surface area contributed by atoms with Gasteiger partial charge in [-0.25, -0.2) is 0 Å². The van der Waals surface area contributed by atoms with Crippen LogP contribution >= 0.6 is 0 Å². The van der Waals surface area contributed by atoms with Crippen molar-refractivity contribution in [1.82, 2.24) is 9.78 Å². The van der Waals surface area contributed by atoms with Crippen LogP contribution in [-0.4, -0.2) is 9.78 Å². The van der Waals surface area contributed by atoms with Crippen molar-refractivity contribution in [3.05, 3.63) is 24.0 Å². The highest BCUT2D eigenvalue weighted by molar-refractivity contribution is 5.47. The summed E-state index contributed by atoms with van der Waals surface area (Å²) in [6.45, 7) is 8.02. The van der Waals surface area contributed by atoms with Crippen molar-refractivity contribution in [2.75, 3.05) is 0 Å². The van der Waals surface area contributed by atoms with Gasteiger partial charge < -0.3 is 0 Å². The highest BCUT2D eigenvalue weighted by Gasteiger charge is 2.06.